The van der Waals surface area contributed by atoms with E-state index in [0.29, 0.717) is 5.69 Å². The highest BCUT2D eigenvalue weighted by Crippen LogP contribution is 2.25. The minimum atomic E-state index is -0.938. The van der Waals surface area contributed by atoms with Crippen LogP contribution in [0.25, 0.3) is 0 Å². The average Bonchev–Trinajstić information content (AvgIpc) is 2.25. The van der Waals surface area contributed by atoms with Gasteiger partial charge in [0.1, 0.15) is 5.82 Å². The average molecular weight is 264 g/mol. The zero-order valence-corrected chi connectivity index (χ0v) is 11.8. The van der Waals surface area contributed by atoms with E-state index in [1.807, 2.05) is 20.8 Å². The van der Waals surface area contributed by atoms with Crippen molar-refractivity contribution in [1.29, 1.82) is 0 Å². The smallest absolute Gasteiger partial charge is 0.337 e. The second kappa shape index (κ2) is 4.81. The van der Waals surface area contributed by atoms with Crippen molar-refractivity contribution in [3.05, 3.63) is 23.4 Å². The highest BCUT2D eigenvalue weighted by Gasteiger charge is 2.32. The number of hydrogen-bond donors (Lipinski definition) is 1. The largest absolute Gasteiger partial charge is 0.478 e. The van der Waals surface area contributed by atoms with Crippen molar-refractivity contribution < 1.29 is 14.6 Å². The number of pyridine rings is 1. The summed E-state index contributed by atoms with van der Waals surface area (Å²) in [6.07, 6.45) is 0.130. The van der Waals surface area contributed by atoms with Crippen LogP contribution in [0.3, 0.4) is 0 Å². The number of carboxylic acids is 1. The summed E-state index contributed by atoms with van der Waals surface area (Å²) >= 11 is 0. The Kier molecular flexibility index (Phi) is 3.49. The molecule has 0 spiro atoms. The van der Waals surface area contributed by atoms with E-state index < -0.39 is 5.97 Å². The molecule has 0 amide bonds. The predicted octanol–water partition coefficient (Wildman–Crippen LogP) is 2.09. The Bertz CT molecular complexity index is 499. The summed E-state index contributed by atoms with van der Waals surface area (Å²) in [7, 11) is 0. The van der Waals surface area contributed by atoms with Crippen LogP contribution in [0.1, 0.15) is 36.8 Å². The second-order valence-corrected chi connectivity index (χ2v) is 5.68. The van der Waals surface area contributed by atoms with E-state index in [-0.39, 0.29) is 17.3 Å². The molecule has 0 aromatic carbocycles. The van der Waals surface area contributed by atoms with Crippen LogP contribution in [0.5, 0.6) is 0 Å². The standard InChI is InChI=1S/C14H20N2O3/c1-9-7-16(8-14(3,4)19-9)12-6-5-11(13(17)18)10(2)15-12/h5-6,9H,7-8H2,1-4H3,(H,17,18). The van der Waals surface area contributed by atoms with Gasteiger partial charge < -0.3 is 14.7 Å². The third-order valence-electron chi connectivity index (χ3n) is 3.19. The van der Waals surface area contributed by atoms with Gasteiger partial charge >= 0.3 is 5.97 Å². The van der Waals surface area contributed by atoms with Crippen LogP contribution in [-0.2, 0) is 4.74 Å². The fraction of sp³-hybridized carbons (Fsp3) is 0.571. The first kappa shape index (κ1) is 13.8. The quantitative estimate of drug-likeness (QED) is 0.886. The van der Waals surface area contributed by atoms with Crippen LogP contribution >= 0.6 is 0 Å². The number of carboxylic acid groups (broad SMARTS) is 1. The van der Waals surface area contributed by atoms with E-state index in [0.717, 1.165) is 18.9 Å². The van der Waals surface area contributed by atoms with Gasteiger partial charge in [0.15, 0.2) is 0 Å². The molecule has 1 N–H and O–H groups in total. The molecule has 19 heavy (non-hydrogen) atoms. The molecule has 1 atom stereocenters. The number of carbonyl (C=O) groups is 1. The molecular weight excluding hydrogens is 244 g/mol. The van der Waals surface area contributed by atoms with Gasteiger partial charge in [-0.25, -0.2) is 9.78 Å². The molecule has 1 aliphatic heterocycles. The Hall–Kier alpha value is -1.62. The molecular formula is C14H20N2O3. The molecule has 5 nitrogen and oxygen atoms in total. The maximum Gasteiger partial charge on any atom is 0.337 e. The molecule has 2 rings (SSSR count). The van der Waals surface area contributed by atoms with Crippen LogP contribution in [0.2, 0.25) is 0 Å². The summed E-state index contributed by atoms with van der Waals surface area (Å²) in [4.78, 5) is 17.5. The van der Waals surface area contributed by atoms with Crippen molar-refractivity contribution in [2.75, 3.05) is 18.0 Å². The Morgan fingerprint density at radius 1 is 1.53 bits per heavy atom. The number of ether oxygens (including phenoxy) is 1. The van der Waals surface area contributed by atoms with Crippen molar-refractivity contribution in [3.63, 3.8) is 0 Å². The highest BCUT2D eigenvalue weighted by atomic mass is 16.5. The molecule has 2 heterocycles. The summed E-state index contributed by atoms with van der Waals surface area (Å²) < 4.78 is 5.85. The fourth-order valence-corrected chi connectivity index (χ4v) is 2.58. The maximum absolute atomic E-state index is 11.0. The van der Waals surface area contributed by atoms with E-state index in [9.17, 15) is 4.79 Å². The normalized spacial score (nSPS) is 22.3. The van der Waals surface area contributed by atoms with E-state index in [1.54, 1.807) is 19.1 Å². The lowest BCUT2D eigenvalue weighted by Gasteiger charge is -2.42. The molecule has 0 saturated carbocycles. The van der Waals surface area contributed by atoms with E-state index >= 15 is 0 Å². The number of aryl methyl sites for hydroxylation is 1. The number of aromatic carboxylic acids is 1. The second-order valence-electron chi connectivity index (χ2n) is 5.68. The molecule has 1 aromatic heterocycles. The molecule has 1 saturated heterocycles. The Balaban J connectivity index is 2.27. The fourth-order valence-electron chi connectivity index (χ4n) is 2.58. The number of anilines is 1. The molecule has 1 aromatic rings. The molecule has 0 aliphatic carbocycles. The topological polar surface area (TPSA) is 62.7 Å². The van der Waals surface area contributed by atoms with Gasteiger partial charge in [-0.3, -0.25) is 0 Å². The van der Waals surface area contributed by atoms with Gasteiger partial charge in [-0.1, -0.05) is 0 Å². The third-order valence-corrected chi connectivity index (χ3v) is 3.19. The van der Waals surface area contributed by atoms with Gasteiger partial charge in [-0.05, 0) is 39.8 Å². The minimum Gasteiger partial charge on any atom is -0.478 e. The molecule has 104 valence electrons. The summed E-state index contributed by atoms with van der Waals surface area (Å²) in [5.41, 5.74) is 0.574. The monoisotopic (exact) mass is 264 g/mol. The molecule has 0 bridgehead atoms. The van der Waals surface area contributed by atoms with Crippen LogP contribution < -0.4 is 4.90 Å². The van der Waals surface area contributed by atoms with Gasteiger partial charge in [0.2, 0.25) is 0 Å². The zero-order chi connectivity index (χ0) is 14.2. The molecule has 1 aliphatic rings. The first-order valence-electron chi connectivity index (χ1n) is 6.42. The van der Waals surface area contributed by atoms with Crippen molar-refractivity contribution >= 4 is 11.8 Å². The zero-order valence-electron chi connectivity index (χ0n) is 11.8. The van der Waals surface area contributed by atoms with Crippen LogP contribution in [0.4, 0.5) is 5.82 Å². The summed E-state index contributed by atoms with van der Waals surface area (Å²) in [6, 6.07) is 3.39. The van der Waals surface area contributed by atoms with Crippen molar-refractivity contribution in [1.82, 2.24) is 4.98 Å². The van der Waals surface area contributed by atoms with Gasteiger partial charge in [0, 0.05) is 13.1 Å². The first-order valence-corrected chi connectivity index (χ1v) is 6.42. The Labute approximate surface area is 113 Å². The molecule has 5 heteroatoms. The number of hydrogen-bond acceptors (Lipinski definition) is 4. The SMILES string of the molecule is Cc1nc(N2CC(C)OC(C)(C)C2)ccc1C(=O)O. The molecule has 0 radical (unpaired) electrons. The van der Waals surface area contributed by atoms with Crippen LogP contribution in [0.15, 0.2) is 12.1 Å². The predicted molar refractivity (Wildman–Crippen MR) is 72.8 cm³/mol. The Morgan fingerprint density at radius 3 is 2.74 bits per heavy atom. The van der Waals surface area contributed by atoms with E-state index in [4.69, 9.17) is 9.84 Å². The van der Waals surface area contributed by atoms with Gasteiger partial charge in [-0.15, -0.1) is 0 Å². The number of rotatable bonds is 2. The number of aromatic nitrogens is 1. The van der Waals surface area contributed by atoms with Gasteiger partial charge in [0.05, 0.1) is 23.0 Å². The minimum absolute atomic E-state index is 0.130. The van der Waals surface area contributed by atoms with Crippen LogP contribution in [-0.4, -0.2) is 40.9 Å². The Morgan fingerprint density at radius 2 is 2.21 bits per heavy atom. The van der Waals surface area contributed by atoms with E-state index in [1.165, 1.54) is 0 Å². The van der Waals surface area contributed by atoms with Crippen molar-refractivity contribution in [2.45, 2.75) is 39.4 Å². The van der Waals surface area contributed by atoms with Crippen molar-refractivity contribution in [2.24, 2.45) is 0 Å². The number of nitrogens with zero attached hydrogens (tertiary/aromatic N) is 2. The molecule has 1 fully saturated rings. The molecule has 1 unspecified atom stereocenters. The van der Waals surface area contributed by atoms with Gasteiger partial charge in [0.25, 0.3) is 0 Å². The summed E-state index contributed by atoms with van der Waals surface area (Å²) in [5.74, 6) is -0.127. The summed E-state index contributed by atoms with van der Waals surface area (Å²) in [5, 5.41) is 9.02. The maximum atomic E-state index is 11.0. The number of morpholine rings is 1. The summed E-state index contributed by atoms with van der Waals surface area (Å²) in [6.45, 7) is 9.37. The van der Waals surface area contributed by atoms with E-state index in [2.05, 4.69) is 9.88 Å². The lowest BCUT2D eigenvalue weighted by Crippen LogP contribution is -2.52. The lowest BCUT2D eigenvalue weighted by molar-refractivity contribution is -0.0751. The highest BCUT2D eigenvalue weighted by molar-refractivity contribution is 5.89. The van der Waals surface area contributed by atoms with Gasteiger partial charge in [-0.2, -0.15) is 0 Å². The third kappa shape index (κ3) is 3.04. The van der Waals surface area contributed by atoms with Crippen molar-refractivity contribution in [3.8, 4) is 0 Å². The lowest BCUT2D eigenvalue weighted by atomic mass is 10.1. The van der Waals surface area contributed by atoms with Crippen LogP contribution in [0, 0.1) is 6.92 Å². The first-order chi connectivity index (χ1) is 8.78.